The summed E-state index contributed by atoms with van der Waals surface area (Å²) in [4.78, 5) is 25.1. The molecule has 3 fully saturated rings. The maximum absolute atomic E-state index is 13.0. The first-order valence-corrected chi connectivity index (χ1v) is 11.0. The molecule has 6 heteroatoms. The van der Waals surface area contributed by atoms with E-state index in [2.05, 4.69) is 17.6 Å². The number of hydrogen-bond acceptors (Lipinski definition) is 3. The number of benzene rings is 1. The van der Waals surface area contributed by atoms with Crippen molar-refractivity contribution in [2.75, 3.05) is 5.75 Å². The van der Waals surface area contributed by atoms with Gasteiger partial charge in [0, 0.05) is 11.8 Å². The van der Waals surface area contributed by atoms with Gasteiger partial charge in [-0.15, -0.1) is 11.8 Å². The quantitative estimate of drug-likeness (QED) is 0.813. The zero-order valence-electron chi connectivity index (χ0n) is 15.6. The van der Waals surface area contributed by atoms with Crippen LogP contribution in [0.1, 0.15) is 38.2 Å². The maximum atomic E-state index is 13.0. The zero-order chi connectivity index (χ0) is 19.0. The number of rotatable bonds is 5. The molecule has 0 unspecified atom stereocenters. The van der Waals surface area contributed by atoms with E-state index in [0.29, 0.717) is 18.1 Å². The average Bonchev–Trinajstić information content (AvgIpc) is 3.28. The van der Waals surface area contributed by atoms with E-state index in [1.54, 1.807) is 12.1 Å². The van der Waals surface area contributed by atoms with Gasteiger partial charge in [0.25, 0.3) is 0 Å². The summed E-state index contributed by atoms with van der Waals surface area (Å²) in [5.74, 6) is 2.34. The van der Waals surface area contributed by atoms with Crippen LogP contribution in [-0.4, -0.2) is 34.9 Å². The Labute approximate surface area is 164 Å². The highest BCUT2D eigenvalue weighted by Gasteiger charge is 2.42. The maximum Gasteiger partial charge on any atom is 0.243 e. The fourth-order valence-corrected chi connectivity index (χ4v) is 6.25. The first-order valence-electron chi connectivity index (χ1n) is 9.96. The van der Waals surface area contributed by atoms with Crippen molar-refractivity contribution < 1.29 is 14.0 Å². The molecule has 0 radical (unpaired) electrons. The van der Waals surface area contributed by atoms with Crippen molar-refractivity contribution in [2.45, 2.75) is 56.4 Å². The van der Waals surface area contributed by atoms with Gasteiger partial charge in [-0.1, -0.05) is 18.6 Å². The number of nitrogens with one attached hydrogen (secondary N) is 2. The highest BCUT2D eigenvalue weighted by Crippen LogP contribution is 2.49. The molecule has 2 saturated carbocycles. The Kier molecular flexibility index (Phi) is 5.44. The number of hydrogen-bond donors (Lipinski definition) is 2. The van der Waals surface area contributed by atoms with Gasteiger partial charge in [-0.25, -0.2) is 4.39 Å². The van der Waals surface area contributed by atoms with Crippen LogP contribution < -0.4 is 10.6 Å². The van der Waals surface area contributed by atoms with E-state index in [-0.39, 0.29) is 28.9 Å². The van der Waals surface area contributed by atoms with Crippen LogP contribution in [0.5, 0.6) is 0 Å². The number of amides is 2. The molecule has 2 bridgehead atoms. The van der Waals surface area contributed by atoms with E-state index in [4.69, 9.17) is 0 Å². The third-order valence-electron chi connectivity index (χ3n) is 6.53. The Bertz CT molecular complexity index is 711. The van der Waals surface area contributed by atoms with Crippen molar-refractivity contribution in [3.8, 4) is 0 Å². The number of carbonyl (C=O) groups is 2. The summed E-state index contributed by atoms with van der Waals surface area (Å²) in [6, 6.07) is 5.94. The number of fused-ring (bicyclic) bond motifs is 2. The molecule has 1 aromatic carbocycles. The van der Waals surface area contributed by atoms with Crippen LogP contribution in [0.25, 0.3) is 0 Å². The Balaban J connectivity index is 1.28. The third-order valence-corrected chi connectivity index (χ3v) is 7.84. The molecule has 146 valence electrons. The van der Waals surface area contributed by atoms with Crippen molar-refractivity contribution in [1.29, 1.82) is 0 Å². The fraction of sp³-hybridized carbons (Fsp3) is 0.619. The van der Waals surface area contributed by atoms with Crippen LogP contribution in [0, 0.1) is 23.6 Å². The second-order valence-corrected chi connectivity index (χ2v) is 9.59. The van der Waals surface area contributed by atoms with Gasteiger partial charge >= 0.3 is 0 Å². The summed E-state index contributed by atoms with van der Waals surface area (Å²) >= 11 is 1.51. The van der Waals surface area contributed by atoms with E-state index >= 15 is 0 Å². The highest BCUT2D eigenvalue weighted by molar-refractivity contribution is 8.00. The van der Waals surface area contributed by atoms with Gasteiger partial charge in [0.15, 0.2) is 0 Å². The molecule has 1 heterocycles. The summed E-state index contributed by atoms with van der Waals surface area (Å²) in [6.45, 7) is 2.11. The first kappa shape index (κ1) is 18.8. The minimum absolute atomic E-state index is 0.0636. The lowest BCUT2D eigenvalue weighted by atomic mass is 9.84. The lowest BCUT2D eigenvalue weighted by molar-refractivity contribution is -0.129. The largest absolute Gasteiger partial charge is 0.352 e. The molecule has 2 N–H and O–H groups in total. The second kappa shape index (κ2) is 7.82. The predicted molar refractivity (Wildman–Crippen MR) is 105 cm³/mol. The molecular weight excluding hydrogens is 363 g/mol. The van der Waals surface area contributed by atoms with Crippen molar-refractivity contribution in [2.24, 2.45) is 17.8 Å². The van der Waals surface area contributed by atoms with Gasteiger partial charge in [-0.2, -0.15) is 0 Å². The summed E-state index contributed by atoms with van der Waals surface area (Å²) in [7, 11) is 0. The molecule has 27 heavy (non-hydrogen) atoms. The lowest BCUT2D eigenvalue weighted by Gasteiger charge is -2.32. The Morgan fingerprint density at radius 3 is 2.70 bits per heavy atom. The van der Waals surface area contributed by atoms with Gasteiger partial charge in [-0.3, -0.25) is 9.59 Å². The minimum atomic E-state index is -0.465. The molecular formula is C21H27FN2O2S. The molecule has 3 aliphatic rings. The van der Waals surface area contributed by atoms with Crippen LogP contribution in [0.2, 0.25) is 0 Å². The topological polar surface area (TPSA) is 58.2 Å². The summed E-state index contributed by atoms with van der Waals surface area (Å²) in [5.41, 5.74) is 0.928. The number of thioether (sulfide) groups is 1. The molecule has 4 nitrogen and oxygen atoms in total. The van der Waals surface area contributed by atoms with Gasteiger partial charge in [0.1, 0.15) is 11.9 Å². The van der Waals surface area contributed by atoms with E-state index in [1.807, 2.05) is 0 Å². The van der Waals surface area contributed by atoms with Gasteiger partial charge < -0.3 is 10.6 Å². The molecule has 1 aliphatic heterocycles. The van der Waals surface area contributed by atoms with Crippen LogP contribution >= 0.6 is 11.8 Å². The smallest absolute Gasteiger partial charge is 0.243 e. The lowest BCUT2D eigenvalue weighted by Crippen LogP contribution is -2.56. The Morgan fingerprint density at radius 1 is 1.30 bits per heavy atom. The van der Waals surface area contributed by atoms with E-state index < -0.39 is 6.04 Å². The van der Waals surface area contributed by atoms with Crippen LogP contribution in [0.15, 0.2) is 24.3 Å². The standard InChI is InChI=1S/C21H27FN2O2S/c1-12(17-9-14-2-5-15(17)8-14)23-20(25)18-11-27-19(21(26)24-18)10-13-3-6-16(22)7-4-13/h3-4,6-7,12,14-15,17-19H,2,5,8-11H2,1H3,(H,23,25)(H,24,26)/t12-,14-,15-,17+,18+,19+/m1/s1. The fourth-order valence-electron chi connectivity index (χ4n) is 5.06. The van der Waals surface area contributed by atoms with E-state index in [9.17, 15) is 14.0 Å². The molecule has 1 aromatic rings. The van der Waals surface area contributed by atoms with Gasteiger partial charge in [0.05, 0.1) is 5.25 Å². The summed E-state index contributed by atoms with van der Waals surface area (Å²) < 4.78 is 13.0. The molecule has 0 aromatic heterocycles. The normalized spacial score (nSPS) is 33.6. The molecule has 0 spiro atoms. The Hall–Kier alpha value is -1.56. The molecule has 2 amide bonds. The van der Waals surface area contributed by atoms with Crippen molar-refractivity contribution in [1.82, 2.24) is 10.6 Å². The average molecular weight is 391 g/mol. The molecule has 4 rings (SSSR count). The second-order valence-electron chi connectivity index (χ2n) is 8.35. The Morgan fingerprint density at radius 2 is 2.07 bits per heavy atom. The van der Waals surface area contributed by atoms with E-state index in [1.165, 1.54) is 49.6 Å². The minimum Gasteiger partial charge on any atom is -0.352 e. The SMILES string of the molecule is C[C@@H](NC(=O)[C@@H]1CS[C@@H](Cc2ccc(F)cc2)C(=O)N1)[C@@H]1C[C@@H]2CC[C@@H]1C2. The van der Waals surface area contributed by atoms with Crippen LogP contribution in [0.4, 0.5) is 4.39 Å². The number of carbonyl (C=O) groups excluding carboxylic acids is 2. The van der Waals surface area contributed by atoms with Gasteiger partial charge in [-0.05, 0) is 68.1 Å². The highest BCUT2D eigenvalue weighted by atomic mass is 32.2. The van der Waals surface area contributed by atoms with Crippen molar-refractivity contribution in [3.05, 3.63) is 35.6 Å². The van der Waals surface area contributed by atoms with Crippen molar-refractivity contribution >= 4 is 23.6 Å². The zero-order valence-corrected chi connectivity index (χ0v) is 16.4. The summed E-state index contributed by atoms with van der Waals surface area (Å²) in [6.07, 6.45) is 5.76. The van der Waals surface area contributed by atoms with Crippen LogP contribution in [-0.2, 0) is 16.0 Å². The molecule has 2 aliphatic carbocycles. The van der Waals surface area contributed by atoms with Gasteiger partial charge in [0.2, 0.25) is 11.8 Å². The molecule has 1 saturated heterocycles. The first-order chi connectivity index (χ1) is 13.0. The monoisotopic (exact) mass is 390 g/mol. The van der Waals surface area contributed by atoms with Crippen LogP contribution in [0.3, 0.4) is 0 Å². The molecule has 6 atom stereocenters. The van der Waals surface area contributed by atoms with Crippen molar-refractivity contribution in [3.63, 3.8) is 0 Å². The predicted octanol–water partition coefficient (Wildman–Crippen LogP) is 2.91. The third kappa shape index (κ3) is 4.15. The summed E-state index contributed by atoms with van der Waals surface area (Å²) in [5, 5.41) is 5.81. The number of halogens is 1. The van der Waals surface area contributed by atoms with E-state index in [0.717, 1.165) is 17.4 Å².